The number of nitrogens with one attached hydrogen (secondary N) is 1. The standard InChI is InChI=1S/C21H17ClN4/c1-14-5-4-6-15(11-14)20(18-7-2-3-10-23-18)26-21-17-9-8-16(22)12-19(17)24-13-25-21/h2-13,20H,1H3,(H,24,25,26). The van der Waals surface area contributed by atoms with Crippen molar-refractivity contribution in [2.45, 2.75) is 13.0 Å². The van der Waals surface area contributed by atoms with Gasteiger partial charge in [-0.2, -0.15) is 0 Å². The minimum Gasteiger partial charge on any atom is -0.357 e. The summed E-state index contributed by atoms with van der Waals surface area (Å²) in [5.41, 5.74) is 4.06. The second kappa shape index (κ2) is 7.10. The number of halogens is 1. The van der Waals surface area contributed by atoms with E-state index in [1.54, 1.807) is 12.5 Å². The summed E-state index contributed by atoms with van der Waals surface area (Å²) in [5.74, 6) is 0.754. The lowest BCUT2D eigenvalue weighted by atomic mass is 10.0. The molecule has 4 aromatic rings. The van der Waals surface area contributed by atoms with Crippen LogP contribution in [0.25, 0.3) is 10.9 Å². The van der Waals surface area contributed by atoms with Crippen LogP contribution in [0.4, 0.5) is 5.82 Å². The number of rotatable bonds is 4. The first kappa shape index (κ1) is 16.5. The smallest absolute Gasteiger partial charge is 0.138 e. The summed E-state index contributed by atoms with van der Waals surface area (Å²) in [6.45, 7) is 2.08. The first-order chi connectivity index (χ1) is 12.7. The Morgan fingerprint density at radius 2 is 1.85 bits per heavy atom. The van der Waals surface area contributed by atoms with Crippen LogP contribution < -0.4 is 5.32 Å². The molecule has 2 aromatic heterocycles. The molecule has 128 valence electrons. The fourth-order valence-electron chi connectivity index (χ4n) is 3.01. The molecule has 26 heavy (non-hydrogen) atoms. The second-order valence-corrected chi connectivity index (χ2v) is 6.57. The average molecular weight is 361 g/mol. The molecule has 0 aliphatic carbocycles. The van der Waals surface area contributed by atoms with Gasteiger partial charge < -0.3 is 5.32 Å². The maximum atomic E-state index is 6.10. The van der Waals surface area contributed by atoms with Gasteiger partial charge in [0, 0.05) is 16.6 Å². The fourth-order valence-corrected chi connectivity index (χ4v) is 3.17. The maximum absolute atomic E-state index is 6.10. The summed E-state index contributed by atoms with van der Waals surface area (Å²) in [6, 6.07) is 19.8. The minimum atomic E-state index is -0.120. The van der Waals surface area contributed by atoms with Crippen LogP contribution in [-0.2, 0) is 0 Å². The molecule has 4 rings (SSSR count). The van der Waals surface area contributed by atoms with E-state index in [1.807, 2.05) is 36.4 Å². The quantitative estimate of drug-likeness (QED) is 0.544. The zero-order valence-corrected chi connectivity index (χ0v) is 15.0. The molecule has 1 unspecified atom stereocenters. The molecule has 0 saturated carbocycles. The van der Waals surface area contributed by atoms with Crippen molar-refractivity contribution < 1.29 is 0 Å². The number of aromatic nitrogens is 3. The molecule has 1 N–H and O–H groups in total. The van der Waals surface area contributed by atoms with Crippen LogP contribution in [0, 0.1) is 6.92 Å². The molecule has 5 heteroatoms. The Kier molecular flexibility index (Phi) is 4.50. The zero-order chi connectivity index (χ0) is 17.9. The van der Waals surface area contributed by atoms with Gasteiger partial charge in [0.1, 0.15) is 12.1 Å². The molecule has 2 heterocycles. The predicted molar refractivity (Wildman–Crippen MR) is 105 cm³/mol. The highest BCUT2D eigenvalue weighted by atomic mass is 35.5. The van der Waals surface area contributed by atoms with Gasteiger partial charge in [-0.3, -0.25) is 4.98 Å². The van der Waals surface area contributed by atoms with Crippen molar-refractivity contribution in [3.05, 3.63) is 95.0 Å². The topological polar surface area (TPSA) is 50.7 Å². The number of anilines is 1. The van der Waals surface area contributed by atoms with Gasteiger partial charge >= 0.3 is 0 Å². The number of aryl methyl sites for hydroxylation is 1. The van der Waals surface area contributed by atoms with E-state index < -0.39 is 0 Å². The molecule has 0 aliphatic rings. The lowest BCUT2D eigenvalue weighted by molar-refractivity contribution is 0.877. The number of fused-ring (bicyclic) bond motifs is 1. The maximum Gasteiger partial charge on any atom is 0.138 e. The van der Waals surface area contributed by atoms with Crippen molar-refractivity contribution in [2.24, 2.45) is 0 Å². The third-order valence-electron chi connectivity index (χ3n) is 4.24. The lowest BCUT2D eigenvalue weighted by Crippen LogP contribution is -2.15. The van der Waals surface area contributed by atoms with Gasteiger partial charge in [0.05, 0.1) is 17.3 Å². The van der Waals surface area contributed by atoms with Gasteiger partial charge in [-0.1, -0.05) is 47.5 Å². The summed E-state index contributed by atoms with van der Waals surface area (Å²) in [5, 5.41) is 5.12. The molecule has 0 bridgehead atoms. The first-order valence-corrected chi connectivity index (χ1v) is 8.73. The Balaban J connectivity index is 1.81. The Hall–Kier alpha value is -2.98. The lowest BCUT2D eigenvalue weighted by Gasteiger charge is -2.20. The Labute approximate surface area is 156 Å². The fraction of sp³-hybridized carbons (Fsp3) is 0.0952. The first-order valence-electron chi connectivity index (χ1n) is 8.35. The number of pyridine rings is 1. The molecule has 0 amide bonds. The van der Waals surface area contributed by atoms with Crippen LogP contribution in [-0.4, -0.2) is 15.0 Å². The van der Waals surface area contributed by atoms with Crippen molar-refractivity contribution in [3.63, 3.8) is 0 Å². The van der Waals surface area contributed by atoms with Crippen molar-refractivity contribution in [1.29, 1.82) is 0 Å². The van der Waals surface area contributed by atoms with Crippen LogP contribution in [0.1, 0.15) is 22.9 Å². The molecular weight excluding hydrogens is 344 g/mol. The largest absolute Gasteiger partial charge is 0.357 e. The Morgan fingerprint density at radius 1 is 0.923 bits per heavy atom. The predicted octanol–water partition coefficient (Wildman–Crippen LogP) is 5.19. The van der Waals surface area contributed by atoms with Gasteiger partial charge in [-0.15, -0.1) is 0 Å². The van der Waals surface area contributed by atoms with E-state index in [2.05, 4.69) is 51.5 Å². The average Bonchev–Trinajstić information content (AvgIpc) is 2.66. The Bertz CT molecular complexity index is 1050. The van der Waals surface area contributed by atoms with E-state index in [1.165, 1.54) is 5.56 Å². The third kappa shape index (κ3) is 3.37. The van der Waals surface area contributed by atoms with Crippen molar-refractivity contribution in [2.75, 3.05) is 5.32 Å². The highest BCUT2D eigenvalue weighted by Crippen LogP contribution is 2.29. The third-order valence-corrected chi connectivity index (χ3v) is 4.47. The van der Waals surface area contributed by atoms with Crippen LogP contribution in [0.3, 0.4) is 0 Å². The van der Waals surface area contributed by atoms with E-state index in [4.69, 9.17) is 11.6 Å². The summed E-state index contributed by atoms with van der Waals surface area (Å²) in [7, 11) is 0. The summed E-state index contributed by atoms with van der Waals surface area (Å²) >= 11 is 6.10. The zero-order valence-electron chi connectivity index (χ0n) is 14.2. The van der Waals surface area contributed by atoms with Crippen LogP contribution in [0.2, 0.25) is 5.02 Å². The summed E-state index contributed by atoms with van der Waals surface area (Å²) < 4.78 is 0. The second-order valence-electron chi connectivity index (χ2n) is 6.13. The van der Waals surface area contributed by atoms with Gasteiger partial charge in [0.2, 0.25) is 0 Å². The summed E-state index contributed by atoms with van der Waals surface area (Å²) in [4.78, 5) is 13.3. The molecule has 0 fully saturated rings. The van der Waals surface area contributed by atoms with E-state index in [0.717, 1.165) is 28.0 Å². The van der Waals surface area contributed by atoms with E-state index >= 15 is 0 Å². The molecule has 0 saturated heterocycles. The number of nitrogens with zero attached hydrogens (tertiary/aromatic N) is 3. The van der Waals surface area contributed by atoms with E-state index in [9.17, 15) is 0 Å². The molecule has 0 aliphatic heterocycles. The summed E-state index contributed by atoms with van der Waals surface area (Å²) in [6.07, 6.45) is 3.35. The number of benzene rings is 2. The molecular formula is C21H17ClN4. The minimum absolute atomic E-state index is 0.120. The van der Waals surface area contributed by atoms with Crippen molar-refractivity contribution in [1.82, 2.24) is 15.0 Å². The van der Waals surface area contributed by atoms with Crippen molar-refractivity contribution >= 4 is 28.3 Å². The van der Waals surface area contributed by atoms with Gasteiger partial charge in [-0.05, 0) is 42.8 Å². The molecule has 0 spiro atoms. The van der Waals surface area contributed by atoms with Gasteiger partial charge in [0.15, 0.2) is 0 Å². The van der Waals surface area contributed by atoms with E-state index in [-0.39, 0.29) is 6.04 Å². The SMILES string of the molecule is Cc1cccc(C(Nc2ncnc3cc(Cl)ccc23)c2ccccn2)c1. The monoisotopic (exact) mass is 360 g/mol. The molecule has 1 atom stereocenters. The van der Waals surface area contributed by atoms with Crippen LogP contribution in [0.15, 0.2) is 73.2 Å². The molecule has 4 nitrogen and oxygen atoms in total. The van der Waals surface area contributed by atoms with Crippen molar-refractivity contribution in [3.8, 4) is 0 Å². The van der Waals surface area contributed by atoms with Gasteiger partial charge in [0.25, 0.3) is 0 Å². The highest BCUT2D eigenvalue weighted by molar-refractivity contribution is 6.31. The normalized spacial score (nSPS) is 12.1. The van der Waals surface area contributed by atoms with E-state index in [0.29, 0.717) is 5.02 Å². The molecule has 2 aromatic carbocycles. The van der Waals surface area contributed by atoms with Crippen LogP contribution >= 0.6 is 11.6 Å². The highest BCUT2D eigenvalue weighted by Gasteiger charge is 2.17. The van der Waals surface area contributed by atoms with Crippen LogP contribution in [0.5, 0.6) is 0 Å². The molecule has 0 radical (unpaired) electrons. The van der Waals surface area contributed by atoms with Gasteiger partial charge in [-0.25, -0.2) is 9.97 Å². The number of hydrogen-bond donors (Lipinski definition) is 1. The Morgan fingerprint density at radius 3 is 2.65 bits per heavy atom. The number of hydrogen-bond acceptors (Lipinski definition) is 4.